The summed E-state index contributed by atoms with van der Waals surface area (Å²) in [5, 5.41) is 11.1. The third-order valence-electron chi connectivity index (χ3n) is 3.94. The summed E-state index contributed by atoms with van der Waals surface area (Å²) < 4.78 is 5.85. The van der Waals surface area contributed by atoms with E-state index in [1.807, 2.05) is 30.3 Å². The lowest BCUT2D eigenvalue weighted by Gasteiger charge is -2.09. The Balaban J connectivity index is 1.99. The molecule has 0 fully saturated rings. The second-order valence-corrected chi connectivity index (χ2v) is 5.97. The number of hydrogen-bond donors (Lipinski definition) is 0. The maximum Gasteiger partial charge on any atom is 0.127 e. The topological polar surface area (TPSA) is 34.0 Å². The van der Waals surface area contributed by atoms with Gasteiger partial charge in [0.1, 0.15) is 5.75 Å². The lowest BCUT2D eigenvalue weighted by atomic mass is 10.1. The van der Waals surface area contributed by atoms with Crippen LogP contribution in [-0.2, 0) is 0 Å². The monoisotopic (exact) mass is 318 g/mol. The molecule has 3 aromatic rings. The predicted octanol–water partition coefficient (Wildman–Crippen LogP) is 6.66. The van der Waals surface area contributed by atoms with Gasteiger partial charge in [-0.05, 0) is 44.0 Å². The van der Waals surface area contributed by atoms with Gasteiger partial charge in [-0.25, -0.2) is 0 Å². The van der Waals surface area contributed by atoms with Gasteiger partial charge in [0.2, 0.25) is 0 Å². The summed E-state index contributed by atoms with van der Waals surface area (Å²) >= 11 is 0. The second-order valence-electron chi connectivity index (χ2n) is 5.97. The average molecular weight is 318 g/mol. The minimum atomic E-state index is 0.716. The molecular formula is C21H22N2O. The molecule has 122 valence electrons. The van der Waals surface area contributed by atoms with Crippen molar-refractivity contribution in [2.45, 2.75) is 27.2 Å². The molecule has 0 amide bonds. The molecule has 3 rings (SSSR count). The van der Waals surface area contributed by atoms with Crippen LogP contribution in [0.25, 0.3) is 10.8 Å². The Kier molecular flexibility index (Phi) is 4.90. The Labute approximate surface area is 143 Å². The Morgan fingerprint density at radius 2 is 1.54 bits per heavy atom. The first-order valence-electron chi connectivity index (χ1n) is 8.32. The van der Waals surface area contributed by atoms with Gasteiger partial charge in [0.15, 0.2) is 0 Å². The first-order valence-corrected chi connectivity index (χ1v) is 8.32. The summed E-state index contributed by atoms with van der Waals surface area (Å²) in [5.41, 5.74) is 4.12. The zero-order valence-corrected chi connectivity index (χ0v) is 14.4. The van der Waals surface area contributed by atoms with E-state index >= 15 is 0 Å². The number of nitrogens with zero attached hydrogens (tertiary/aromatic N) is 2. The molecule has 24 heavy (non-hydrogen) atoms. The summed E-state index contributed by atoms with van der Waals surface area (Å²) in [6.45, 7) is 6.96. The molecule has 0 saturated heterocycles. The van der Waals surface area contributed by atoms with Crippen molar-refractivity contribution < 1.29 is 4.74 Å². The zero-order valence-electron chi connectivity index (χ0n) is 14.4. The molecule has 0 aliphatic rings. The Hall–Kier alpha value is -2.68. The van der Waals surface area contributed by atoms with Crippen molar-refractivity contribution in [2.24, 2.45) is 10.2 Å². The van der Waals surface area contributed by atoms with Crippen molar-refractivity contribution in [3.05, 3.63) is 65.7 Å². The van der Waals surface area contributed by atoms with Crippen molar-refractivity contribution in [1.29, 1.82) is 0 Å². The van der Waals surface area contributed by atoms with Crippen molar-refractivity contribution in [1.82, 2.24) is 0 Å². The molecule has 3 heteroatoms. The van der Waals surface area contributed by atoms with Gasteiger partial charge in [0, 0.05) is 10.8 Å². The van der Waals surface area contributed by atoms with Crippen LogP contribution in [0, 0.1) is 13.8 Å². The van der Waals surface area contributed by atoms with Crippen LogP contribution in [0.4, 0.5) is 11.4 Å². The summed E-state index contributed by atoms with van der Waals surface area (Å²) in [5.74, 6) is 0.901. The lowest BCUT2D eigenvalue weighted by Crippen LogP contribution is -1.95. The largest absolute Gasteiger partial charge is 0.493 e. The van der Waals surface area contributed by atoms with Crippen LogP contribution in [0.3, 0.4) is 0 Å². The Bertz CT molecular complexity index is 884. The molecule has 0 aliphatic carbocycles. The first-order chi connectivity index (χ1) is 11.7. The van der Waals surface area contributed by atoms with E-state index in [0.29, 0.717) is 6.61 Å². The number of aryl methyl sites for hydroxylation is 2. The van der Waals surface area contributed by atoms with Crippen LogP contribution < -0.4 is 4.74 Å². The van der Waals surface area contributed by atoms with E-state index in [1.54, 1.807) is 0 Å². The molecule has 0 N–H and O–H groups in total. The van der Waals surface area contributed by atoms with Crippen molar-refractivity contribution in [3.63, 3.8) is 0 Å². The highest BCUT2D eigenvalue weighted by Crippen LogP contribution is 2.34. The highest BCUT2D eigenvalue weighted by molar-refractivity contribution is 5.96. The summed E-state index contributed by atoms with van der Waals surface area (Å²) in [6.07, 6.45) is 0.989. The predicted molar refractivity (Wildman–Crippen MR) is 99.8 cm³/mol. The summed E-state index contributed by atoms with van der Waals surface area (Å²) in [7, 11) is 0. The molecule has 0 aliphatic heterocycles. The van der Waals surface area contributed by atoms with E-state index < -0.39 is 0 Å². The number of hydrogen-bond acceptors (Lipinski definition) is 3. The molecular weight excluding hydrogens is 296 g/mol. The Morgan fingerprint density at radius 1 is 0.833 bits per heavy atom. The quantitative estimate of drug-likeness (QED) is 0.484. The smallest absolute Gasteiger partial charge is 0.127 e. The van der Waals surface area contributed by atoms with E-state index in [-0.39, 0.29) is 0 Å². The van der Waals surface area contributed by atoms with E-state index in [1.165, 1.54) is 5.56 Å². The standard InChI is InChI=1S/C21H22N2O/c1-4-13-24-21-12-11-20(17-7-5-6-8-18(17)21)23-22-19-10-9-15(2)14-16(19)3/h5-12,14H,4,13H2,1-3H3. The van der Waals surface area contributed by atoms with Gasteiger partial charge in [0.25, 0.3) is 0 Å². The van der Waals surface area contributed by atoms with Crippen LogP contribution in [0.1, 0.15) is 24.5 Å². The molecule has 0 heterocycles. The molecule has 0 bridgehead atoms. The number of fused-ring (bicyclic) bond motifs is 1. The fourth-order valence-corrected chi connectivity index (χ4v) is 2.71. The summed E-state index contributed by atoms with van der Waals surface area (Å²) in [4.78, 5) is 0. The highest BCUT2D eigenvalue weighted by Gasteiger charge is 2.06. The number of benzene rings is 3. The molecule has 3 nitrogen and oxygen atoms in total. The van der Waals surface area contributed by atoms with Crippen molar-refractivity contribution >= 4 is 22.1 Å². The van der Waals surface area contributed by atoms with E-state index in [2.05, 4.69) is 55.3 Å². The minimum absolute atomic E-state index is 0.716. The molecule has 0 saturated carbocycles. The molecule has 3 aromatic carbocycles. The van der Waals surface area contributed by atoms with Gasteiger partial charge in [0.05, 0.1) is 18.0 Å². The van der Waals surface area contributed by atoms with Crippen molar-refractivity contribution in [2.75, 3.05) is 6.61 Å². The van der Waals surface area contributed by atoms with Gasteiger partial charge < -0.3 is 4.74 Å². The fourth-order valence-electron chi connectivity index (χ4n) is 2.71. The number of rotatable bonds is 5. The number of azo groups is 1. The lowest BCUT2D eigenvalue weighted by molar-refractivity contribution is 0.321. The Morgan fingerprint density at radius 3 is 2.29 bits per heavy atom. The van der Waals surface area contributed by atoms with Crippen LogP contribution >= 0.6 is 0 Å². The molecule has 0 atom stereocenters. The maximum absolute atomic E-state index is 5.85. The molecule has 0 spiro atoms. The van der Waals surface area contributed by atoms with Crippen LogP contribution in [-0.4, -0.2) is 6.61 Å². The highest BCUT2D eigenvalue weighted by atomic mass is 16.5. The minimum Gasteiger partial charge on any atom is -0.493 e. The molecule has 0 unspecified atom stereocenters. The van der Waals surface area contributed by atoms with Gasteiger partial charge in [-0.15, -0.1) is 5.11 Å². The fraction of sp³-hybridized carbons (Fsp3) is 0.238. The van der Waals surface area contributed by atoms with Crippen molar-refractivity contribution in [3.8, 4) is 5.75 Å². The third kappa shape index (κ3) is 3.46. The SMILES string of the molecule is CCCOc1ccc(N=Nc2ccc(C)cc2C)c2ccccc12. The van der Waals surface area contributed by atoms with Gasteiger partial charge in [-0.2, -0.15) is 5.11 Å². The third-order valence-corrected chi connectivity index (χ3v) is 3.94. The van der Waals surface area contributed by atoms with Gasteiger partial charge in [-0.1, -0.05) is 48.9 Å². The second kappa shape index (κ2) is 7.26. The van der Waals surface area contributed by atoms with Crippen LogP contribution in [0.2, 0.25) is 0 Å². The van der Waals surface area contributed by atoms with Gasteiger partial charge >= 0.3 is 0 Å². The van der Waals surface area contributed by atoms with Crippen LogP contribution in [0.5, 0.6) is 5.75 Å². The first kappa shape index (κ1) is 16.2. The summed E-state index contributed by atoms with van der Waals surface area (Å²) in [6, 6.07) is 18.3. The molecule has 0 aromatic heterocycles. The number of ether oxygens (including phenoxy) is 1. The van der Waals surface area contributed by atoms with Gasteiger partial charge in [-0.3, -0.25) is 0 Å². The van der Waals surface area contributed by atoms with E-state index in [0.717, 1.165) is 39.9 Å². The zero-order chi connectivity index (χ0) is 16.9. The normalized spacial score (nSPS) is 11.3. The van der Waals surface area contributed by atoms with Crippen LogP contribution in [0.15, 0.2) is 64.8 Å². The molecule has 0 radical (unpaired) electrons. The van der Waals surface area contributed by atoms with E-state index in [4.69, 9.17) is 4.74 Å². The van der Waals surface area contributed by atoms with E-state index in [9.17, 15) is 0 Å². The maximum atomic E-state index is 5.85. The average Bonchev–Trinajstić information content (AvgIpc) is 2.59.